The Balaban J connectivity index is 2.04. The van der Waals surface area contributed by atoms with Crippen LogP contribution < -0.4 is 4.72 Å². The summed E-state index contributed by atoms with van der Waals surface area (Å²) in [5.41, 5.74) is 0.128. The van der Waals surface area contributed by atoms with E-state index in [1.165, 1.54) is 43.7 Å². The van der Waals surface area contributed by atoms with Crippen LogP contribution in [-0.4, -0.2) is 42.1 Å². The molecular weight excluding hydrogens is 385 g/mol. The van der Waals surface area contributed by atoms with Gasteiger partial charge in [0.1, 0.15) is 11.7 Å². The number of aromatic nitrogens is 2. The molecule has 2 aromatic heterocycles. The van der Waals surface area contributed by atoms with E-state index >= 15 is 0 Å². The summed E-state index contributed by atoms with van der Waals surface area (Å²) in [6, 6.07) is 7.29. The Morgan fingerprint density at radius 3 is 2.82 bits per heavy atom. The first kappa shape index (κ1) is 19.5. The van der Waals surface area contributed by atoms with Crippen LogP contribution in [0.25, 0.3) is 11.0 Å². The number of rotatable bonds is 6. The minimum Gasteiger partial charge on any atom is -0.345 e. The fourth-order valence-corrected chi connectivity index (χ4v) is 3.50. The first-order valence-electron chi connectivity index (χ1n) is 8.23. The van der Waals surface area contributed by atoms with Crippen LogP contribution in [0.1, 0.15) is 28.4 Å². The molecule has 0 amide bonds. The van der Waals surface area contributed by atoms with Gasteiger partial charge in [0.2, 0.25) is 0 Å². The average molecular weight is 401 g/mol. The number of benzene rings is 1. The van der Waals surface area contributed by atoms with Gasteiger partial charge in [0, 0.05) is 36.9 Å². The molecule has 0 radical (unpaired) electrons. The van der Waals surface area contributed by atoms with Crippen molar-refractivity contribution in [2.24, 2.45) is 0 Å². The van der Waals surface area contributed by atoms with Crippen LogP contribution in [0, 0.1) is 17.1 Å². The lowest BCUT2D eigenvalue weighted by Gasteiger charge is -2.17. The Bertz CT molecular complexity index is 1210. The molecule has 0 spiro atoms. The van der Waals surface area contributed by atoms with E-state index in [4.69, 9.17) is 5.26 Å². The molecule has 1 aromatic carbocycles. The van der Waals surface area contributed by atoms with Gasteiger partial charge in [0.25, 0.3) is 0 Å². The quantitative estimate of drug-likeness (QED) is 0.615. The third-order valence-electron chi connectivity index (χ3n) is 4.24. The first-order chi connectivity index (χ1) is 13.3. The van der Waals surface area contributed by atoms with Crippen LogP contribution >= 0.6 is 0 Å². The number of hydrogen-bond donors (Lipinski definition) is 2. The summed E-state index contributed by atoms with van der Waals surface area (Å²) in [5, 5.41) is 9.40. The minimum atomic E-state index is -3.95. The molecule has 0 saturated carbocycles. The normalized spacial score (nSPS) is 11.5. The highest BCUT2D eigenvalue weighted by Gasteiger charge is 2.23. The number of carbonyl (C=O) groups is 1. The number of nitrogens with one attached hydrogen (secondary N) is 2. The lowest BCUT2D eigenvalue weighted by molar-refractivity contribution is 0.103. The van der Waals surface area contributed by atoms with Crippen LogP contribution in [0.4, 0.5) is 10.1 Å². The number of carbonyl (C=O) groups excluding carboxylic acids is 1. The van der Waals surface area contributed by atoms with Gasteiger partial charge in [-0.2, -0.15) is 18.0 Å². The fourth-order valence-electron chi connectivity index (χ4n) is 2.57. The number of fused-ring (bicyclic) bond motifs is 1. The van der Waals surface area contributed by atoms with E-state index in [1.807, 2.05) is 6.07 Å². The highest BCUT2D eigenvalue weighted by atomic mass is 32.2. The minimum absolute atomic E-state index is 0.129. The van der Waals surface area contributed by atoms with Crippen LogP contribution in [0.15, 0.2) is 36.7 Å². The lowest BCUT2D eigenvalue weighted by Crippen LogP contribution is -2.32. The summed E-state index contributed by atoms with van der Waals surface area (Å²) in [5.74, 6) is -1.65. The van der Waals surface area contributed by atoms with Crippen LogP contribution in [0.5, 0.6) is 0 Å². The van der Waals surface area contributed by atoms with Gasteiger partial charge in [0.15, 0.2) is 11.6 Å². The van der Waals surface area contributed by atoms with Crippen molar-refractivity contribution in [1.82, 2.24) is 14.3 Å². The number of anilines is 1. The highest BCUT2D eigenvalue weighted by Crippen LogP contribution is 2.25. The predicted molar refractivity (Wildman–Crippen MR) is 101 cm³/mol. The number of ketones is 1. The van der Waals surface area contributed by atoms with E-state index < -0.39 is 21.8 Å². The highest BCUT2D eigenvalue weighted by molar-refractivity contribution is 7.90. The second-order valence-corrected chi connectivity index (χ2v) is 7.73. The zero-order chi connectivity index (χ0) is 20.5. The Kier molecular flexibility index (Phi) is 5.13. The molecule has 3 rings (SSSR count). The third kappa shape index (κ3) is 3.45. The van der Waals surface area contributed by atoms with Gasteiger partial charge in [-0.1, -0.05) is 13.0 Å². The maximum absolute atomic E-state index is 14.9. The Morgan fingerprint density at radius 1 is 1.39 bits per heavy atom. The molecule has 0 aliphatic rings. The third-order valence-corrected chi connectivity index (χ3v) is 5.80. The molecule has 2 N–H and O–H groups in total. The summed E-state index contributed by atoms with van der Waals surface area (Å²) >= 11 is 0. The Morgan fingerprint density at radius 2 is 2.14 bits per heavy atom. The maximum Gasteiger partial charge on any atom is 0.301 e. The molecule has 3 aromatic rings. The standard InChI is InChI=1S/C18H16FN5O3S/c1-3-24(2)28(26,27)23-15-6-4-5-12(16(15)19)17(25)14-10-22-18-13(14)7-11(8-20)9-21-18/h4-7,9-10,23H,3H2,1-2H3,(H,21,22). The molecule has 0 fully saturated rings. The van der Waals surface area contributed by atoms with Gasteiger partial charge >= 0.3 is 10.2 Å². The van der Waals surface area contributed by atoms with Crippen LogP contribution in [0.2, 0.25) is 0 Å². The fraction of sp³-hybridized carbons (Fsp3) is 0.167. The van der Waals surface area contributed by atoms with Gasteiger partial charge in [-0.3, -0.25) is 9.52 Å². The smallest absolute Gasteiger partial charge is 0.301 e. The molecule has 0 atom stereocenters. The van der Waals surface area contributed by atoms with Crippen molar-refractivity contribution in [3.05, 3.63) is 59.2 Å². The molecule has 144 valence electrons. The SMILES string of the molecule is CCN(C)S(=O)(=O)Nc1cccc(C(=O)c2c[nH]c3ncc(C#N)cc23)c1F. The number of H-pyrrole nitrogens is 1. The predicted octanol–water partition coefficient (Wildman–Crippen LogP) is 2.41. The molecule has 0 aliphatic carbocycles. The number of pyridine rings is 1. The van der Waals surface area contributed by atoms with Gasteiger partial charge in [-0.05, 0) is 18.2 Å². The zero-order valence-corrected chi connectivity index (χ0v) is 15.8. The molecule has 10 heteroatoms. The molecule has 0 unspecified atom stereocenters. The lowest BCUT2D eigenvalue weighted by atomic mass is 10.0. The second-order valence-electron chi connectivity index (χ2n) is 5.95. The summed E-state index contributed by atoms with van der Waals surface area (Å²) < 4.78 is 42.4. The summed E-state index contributed by atoms with van der Waals surface area (Å²) in [7, 11) is -2.60. The van der Waals surface area contributed by atoms with Crippen molar-refractivity contribution in [2.75, 3.05) is 18.3 Å². The topological polar surface area (TPSA) is 119 Å². The summed E-state index contributed by atoms with van der Waals surface area (Å²) in [6.45, 7) is 1.83. The van der Waals surface area contributed by atoms with E-state index in [9.17, 15) is 17.6 Å². The molecule has 8 nitrogen and oxygen atoms in total. The first-order valence-corrected chi connectivity index (χ1v) is 9.67. The van der Waals surface area contributed by atoms with Crippen molar-refractivity contribution in [1.29, 1.82) is 5.26 Å². The van der Waals surface area contributed by atoms with E-state index in [1.54, 1.807) is 6.92 Å². The number of nitriles is 1. The maximum atomic E-state index is 14.9. The number of aromatic amines is 1. The van der Waals surface area contributed by atoms with Crippen molar-refractivity contribution < 1.29 is 17.6 Å². The van der Waals surface area contributed by atoms with Crippen LogP contribution in [0.3, 0.4) is 0 Å². The second kappa shape index (κ2) is 7.38. The molecule has 28 heavy (non-hydrogen) atoms. The van der Waals surface area contributed by atoms with Gasteiger partial charge in [-0.25, -0.2) is 9.37 Å². The monoisotopic (exact) mass is 401 g/mol. The van der Waals surface area contributed by atoms with Crippen molar-refractivity contribution in [3.63, 3.8) is 0 Å². The van der Waals surface area contributed by atoms with Crippen molar-refractivity contribution in [2.45, 2.75) is 6.92 Å². The van der Waals surface area contributed by atoms with Crippen LogP contribution in [-0.2, 0) is 10.2 Å². The molecule has 0 saturated heterocycles. The van der Waals surface area contributed by atoms with E-state index in [2.05, 4.69) is 14.7 Å². The summed E-state index contributed by atoms with van der Waals surface area (Å²) in [6.07, 6.45) is 2.73. The molecule has 2 heterocycles. The molecular formula is C18H16FN5O3S. The Hall–Kier alpha value is -3.29. The average Bonchev–Trinajstić information content (AvgIpc) is 3.11. The van der Waals surface area contributed by atoms with E-state index in [-0.39, 0.29) is 28.9 Å². The van der Waals surface area contributed by atoms with Gasteiger partial charge < -0.3 is 4.98 Å². The van der Waals surface area contributed by atoms with Gasteiger partial charge in [0.05, 0.1) is 16.8 Å². The zero-order valence-electron chi connectivity index (χ0n) is 15.0. The van der Waals surface area contributed by atoms with E-state index in [0.29, 0.717) is 11.0 Å². The largest absolute Gasteiger partial charge is 0.345 e. The molecule has 0 bridgehead atoms. The van der Waals surface area contributed by atoms with Crippen molar-refractivity contribution >= 4 is 32.7 Å². The van der Waals surface area contributed by atoms with Crippen molar-refractivity contribution in [3.8, 4) is 6.07 Å². The summed E-state index contributed by atoms with van der Waals surface area (Å²) in [4.78, 5) is 19.7. The van der Waals surface area contributed by atoms with E-state index in [0.717, 1.165) is 4.31 Å². The number of halogens is 1. The number of hydrogen-bond acceptors (Lipinski definition) is 5. The Labute approximate surface area is 160 Å². The number of nitrogens with zero attached hydrogens (tertiary/aromatic N) is 3. The molecule has 0 aliphatic heterocycles. The van der Waals surface area contributed by atoms with Gasteiger partial charge in [-0.15, -0.1) is 0 Å².